The van der Waals surface area contributed by atoms with Crippen LogP contribution in [0.25, 0.3) is 0 Å². The Morgan fingerprint density at radius 1 is 1.18 bits per heavy atom. The maximum Gasteiger partial charge on any atom is 0.418 e. The van der Waals surface area contributed by atoms with E-state index >= 15 is 0 Å². The van der Waals surface area contributed by atoms with E-state index in [1.165, 1.54) is 30.5 Å². The molecular weight excluding hydrogens is 558 g/mol. The Labute approximate surface area is 228 Å². The minimum atomic E-state index is -4.81. The van der Waals surface area contributed by atoms with Crippen molar-refractivity contribution in [2.45, 2.75) is 44.1 Å². The summed E-state index contributed by atoms with van der Waals surface area (Å²) in [5, 5.41) is 2.60. The number of fused-ring (bicyclic) bond motifs is 2. The van der Waals surface area contributed by atoms with Crippen LogP contribution in [0.5, 0.6) is 0 Å². The Balaban J connectivity index is 1.54. The summed E-state index contributed by atoms with van der Waals surface area (Å²) in [6.45, 7) is -0.752. The normalized spacial score (nSPS) is 19.8. The number of aryl methyl sites for hydroxylation is 1. The van der Waals surface area contributed by atoms with Crippen LogP contribution in [0.2, 0.25) is 0 Å². The molecule has 0 saturated carbocycles. The molecule has 9 nitrogen and oxygen atoms in total. The van der Waals surface area contributed by atoms with Crippen LogP contribution >= 0.6 is 0 Å². The number of nitrogens with zero attached hydrogens (tertiary/aromatic N) is 2. The van der Waals surface area contributed by atoms with Gasteiger partial charge in [-0.05, 0) is 48.7 Å². The number of imide groups is 1. The van der Waals surface area contributed by atoms with E-state index in [0.29, 0.717) is 26.6 Å². The van der Waals surface area contributed by atoms with E-state index in [2.05, 4.69) is 5.32 Å². The number of rotatable bonds is 8. The first kappa shape index (κ1) is 29.2. The van der Waals surface area contributed by atoms with Crippen molar-refractivity contribution in [3.05, 3.63) is 65.0 Å². The fourth-order valence-electron chi connectivity index (χ4n) is 4.74. The number of carbonyl (C=O) groups is 4. The monoisotopic (exact) mass is 583 g/mol. The second kappa shape index (κ2) is 11.0. The molecule has 1 aliphatic heterocycles. The first-order chi connectivity index (χ1) is 18.7. The van der Waals surface area contributed by atoms with Crippen LogP contribution in [0, 0.1) is 5.82 Å². The molecule has 1 heterocycles. The number of carbonyl (C=O) groups excluding carboxylic acids is 4. The molecule has 214 valence electrons. The van der Waals surface area contributed by atoms with Gasteiger partial charge in [-0.3, -0.25) is 18.6 Å². The molecule has 2 aromatic rings. The summed E-state index contributed by atoms with van der Waals surface area (Å²) in [5.74, 6) is -3.32. The third-order valence-electron chi connectivity index (χ3n) is 6.80. The SMILES string of the molecule is C[C@H](N(Cc1ccc(F)cc1)C(=O)CN1C(=O)O[C@@]2(CCc3cc(NC(=O)CS(C)=O)ccc32)C1=O)C(F)(F)F. The van der Waals surface area contributed by atoms with Gasteiger partial charge in [0.15, 0.2) is 0 Å². The number of benzene rings is 2. The van der Waals surface area contributed by atoms with Gasteiger partial charge in [0.25, 0.3) is 5.91 Å². The highest BCUT2D eigenvalue weighted by atomic mass is 32.2. The van der Waals surface area contributed by atoms with Gasteiger partial charge in [0, 0.05) is 41.3 Å². The smallest absolute Gasteiger partial charge is 0.418 e. The van der Waals surface area contributed by atoms with E-state index in [0.717, 1.165) is 19.1 Å². The maximum atomic E-state index is 13.6. The van der Waals surface area contributed by atoms with Crippen LogP contribution < -0.4 is 5.32 Å². The molecule has 0 bridgehead atoms. The van der Waals surface area contributed by atoms with Crippen molar-refractivity contribution >= 4 is 40.3 Å². The molecule has 40 heavy (non-hydrogen) atoms. The van der Waals surface area contributed by atoms with Crippen LogP contribution in [0.15, 0.2) is 42.5 Å². The van der Waals surface area contributed by atoms with E-state index < -0.39 is 71.3 Å². The molecule has 0 aromatic heterocycles. The number of alkyl halides is 3. The van der Waals surface area contributed by atoms with E-state index in [4.69, 9.17) is 4.74 Å². The lowest BCUT2D eigenvalue weighted by Gasteiger charge is -2.31. The number of ether oxygens (including phenoxy) is 1. The zero-order valence-electron chi connectivity index (χ0n) is 21.4. The number of anilines is 1. The van der Waals surface area contributed by atoms with E-state index in [-0.39, 0.29) is 24.2 Å². The van der Waals surface area contributed by atoms with Gasteiger partial charge in [0.05, 0.1) is 0 Å². The minimum Gasteiger partial charge on any atom is -0.427 e. The van der Waals surface area contributed by atoms with Crippen LogP contribution in [0.3, 0.4) is 0 Å². The summed E-state index contributed by atoms with van der Waals surface area (Å²) >= 11 is 0. The largest absolute Gasteiger partial charge is 0.427 e. The number of nitrogens with one attached hydrogen (secondary N) is 1. The van der Waals surface area contributed by atoms with Crippen molar-refractivity contribution in [3.63, 3.8) is 0 Å². The summed E-state index contributed by atoms with van der Waals surface area (Å²) in [6, 6.07) is 6.84. The molecule has 4 amide bonds. The highest BCUT2D eigenvalue weighted by Gasteiger charge is 2.58. The summed E-state index contributed by atoms with van der Waals surface area (Å²) in [6.07, 6.45) is -4.28. The topological polar surface area (TPSA) is 113 Å². The Morgan fingerprint density at radius 2 is 1.85 bits per heavy atom. The lowest BCUT2D eigenvalue weighted by molar-refractivity contribution is -0.187. The van der Waals surface area contributed by atoms with Crippen molar-refractivity contribution in [2.75, 3.05) is 23.9 Å². The molecule has 1 N–H and O–H groups in total. The predicted molar refractivity (Wildman–Crippen MR) is 135 cm³/mol. The van der Waals surface area contributed by atoms with Gasteiger partial charge in [-0.15, -0.1) is 0 Å². The summed E-state index contributed by atoms with van der Waals surface area (Å²) in [5.41, 5.74) is -0.224. The first-order valence-corrected chi connectivity index (χ1v) is 13.8. The Kier molecular flexibility index (Phi) is 8.01. The van der Waals surface area contributed by atoms with Gasteiger partial charge in [-0.1, -0.05) is 18.2 Å². The van der Waals surface area contributed by atoms with Gasteiger partial charge in [-0.2, -0.15) is 13.2 Å². The Hall–Kier alpha value is -3.81. The zero-order chi connectivity index (χ0) is 29.4. The molecule has 1 aliphatic carbocycles. The van der Waals surface area contributed by atoms with Gasteiger partial charge in [0.2, 0.25) is 17.4 Å². The first-order valence-electron chi connectivity index (χ1n) is 12.1. The molecular formula is C26H25F4N3O6S. The summed E-state index contributed by atoms with van der Waals surface area (Å²) in [7, 11) is -1.35. The molecule has 2 aliphatic rings. The molecule has 1 spiro atoms. The third kappa shape index (κ3) is 5.86. The van der Waals surface area contributed by atoms with Crippen LogP contribution in [-0.4, -0.2) is 68.6 Å². The summed E-state index contributed by atoms with van der Waals surface area (Å²) in [4.78, 5) is 52.2. The fourth-order valence-corrected chi connectivity index (χ4v) is 5.18. The number of hydrogen-bond acceptors (Lipinski definition) is 6. The van der Waals surface area contributed by atoms with Crippen LogP contribution in [0.4, 0.5) is 28.0 Å². The molecule has 2 aromatic carbocycles. The van der Waals surface area contributed by atoms with E-state index in [9.17, 15) is 40.9 Å². The van der Waals surface area contributed by atoms with Crippen molar-refractivity contribution in [2.24, 2.45) is 0 Å². The standard InChI is InChI=1S/C26H25F4N3O6S/c1-15(26(28,29)30)32(12-16-3-5-18(27)6-4-16)22(35)13-33-23(36)25(39-24(33)37)10-9-17-11-19(7-8-20(17)25)31-21(34)14-40(2)38/h3-8,11,15H,9-10,12-14H2,1-2H3,(H,31,34)/t15-,25+,40?/m0/s1. The maximum absolute atomic E-state index is 13.6. The number of amides is 4. The van der Waals surface area contributed by atoms with E-state index in [1.54, 1.807) is 6.07 Å². The van der Waals surface area contributed by atoms with Gasteiger partial charge in [-0.25, -0.2) is 14.1 Å². The molecule has 1 fully saturated rings. The number of halogens is 4. The molecule has 1 unspecified atom stereocenters. The van der Waals surface area contributed by atoms with Gasteiger partial charge < -0.3 is 15.0 Å². The van der Waals surface area contributed by atoms with Crippen molar-refractivity contribution in [3.8, 4) is 0 Å². The summed E-state index contributed by atoms with van der Waals surface area (Å²) < 4.78 is 70.8. The average Bonchev–Trinajstić information content (AvgIpc) is 3.34. The second-order valence-electron chi connectivity index (χ2n) is 9.59. The van der Waals surface area contributed by atoms with Gasteiger partial charge in [0.1, 0.15) is 24.2 Å². The molecule has 14 heteroatoms. The van der Waals surface area contributed by atoms with Crippen molar-refractivity contribution in [1.82, 2.24) is 9.80 Å². The van der Waals surface area contributed by atoms with Gasteiger partial charge >= 0.3 is 12.3 Å². The van der Waals surface area contributed by atoms with E-state index in [1.807, 2.05) is 0 Å². The zero-order valence-corrected chi connectivity index (χ0v) is 22.2. The number of hydrogen-bond donors (Lipinski definition) is 1. The third-order valence-corrected chi connectivity index (χ3v) is 7.47. The predicted octanol–water partition coefficient (Wildman–Crippen LogP) is 3.24. The fraction of sp³-hybridized carbons (Fsp3) is 0.385. The van der Waals surface area contributed by atoms with Crippen molar-refractivity contribution in [1.29, 1.82) is 0 Å². The molecule has 4 rings (SSSR count). The lowest BCUT2D eigenvalue weighted by Crippen LogP contribution is -2.51. The molecule has 3 atom stereocenters. The highest BCUT2D eigenvalue weighted by Crippen LogP contribution is 2.46. The quantitative estimate of drug-likeness (QED) is 0.478. The van der Waals surface area contributed by atoms with Crippen LogP contribution in [0.1, 0.15) is 30.0 Å². The molecule has 0 radical (unpaired) electrons. The Bertz CT molecular complexity index is 1380. The van der Waals surface area contributed by atoms with Crippen LogP contribution in [-0.2, 0) is 48.5 Å². The highest BCUT2D eigenvalue weighted by molar-refractivity contribution is 7.85. The second-order valence-corrected chi connectivity index (χ2v) is 11.0. The minimum absolute atomic E-state index is 0.0339. The average molecular weight is 584 g/mol. The Morgan fingerprint density at radius 3 is 2.48 bits per heavy atom. The molecule has 1 saturated heterocycles. The van der Waals surface area contributed by atoms with Crippen molar-refractivity contribution < 1.29 is 45.7 Å². The lowest BCUT2D eigenvalue weighted by atomic mass is 9.94.